The molecule has 1 heteroatoms. The van der Waals surface area contributed by atoms with Gasteiger partial charge in [0.25, 0.3) is 0 Å². The Morgan fingerprint density at radius 2 is 1.67 bits per heavy atom. The maximum Gasteiger partial charge on any atom is 0.166 e. The molecule has 3 rings (SSSR count). The lowest BCUT2D eigenvalue weighted by molar-refractivity contribution is -0.119. The molecule has 0 fully saturated rings. The van der Waals surface area contributed by atoms with Crippen LogP contribution in [0.1, 0.15) is 30.0 Å². The molecule has 21 heavy (non-hydrogen) atoms. The third kappa shape index (κ3) is 2.59. The largest absolute Gasteiger partial charge is 0.294 e. The molecule has 1 aliphatic carbocycles. The number of carbonyl (C=O) groups is 1. The zero-order chi connectivity index (χ0) is 14.7. The molecule has 104 valence electrons. The fourth-order valence-electron chi connectivity index (χ4n) is 2.83. The van der Waals surface area contributed by atoms with Crippen LogP contribution < -0.4 is 0 Å². The predicted octanol–water partition coefficient (Wildman–Crippen LogP) is 4.64. The molecule has 0 spiro atoms. The molecular formula is C20H18O. The first-order chi connectivity index (χ1) is 10.2. The van der Waals surface area contributed by atoms with Crippen molar-refractivity contribution in [2.75, 3.05) is 0 Å². The fraction of sp³-hybridized carbons (Fsp3) is 0.150. The van der Waals surface area contributed by atoms with Crippen LogP contribution in [0.3, 0.4) is 0 Å². The summed E-state index contributed by atoms with van der Waals surface area (Å²) in [5.41, 5.74) is 2.97. The average Bonchev–Trinajstić information content (AvgIpc) is 2.53. The number of carbonyl (C=O) groups excluding carboxylic acids is 1. The first kappa shape index (κ1) is 13.6. The Morgan fingerprint density at radius 1 is 0.952 bits per heavy atom. The van der Waals surface area contributed by atoms with E-state index in [4.69, 9.17) is 0 Å². The van der Waals surface area contributed by atoms with Crippen molar-refractivity contribution < 1.29 is 4.79 Å². The monoisotopic (exact) mass is 274 g/mol. The van der Waals surface area contributed by atoms with E-state index in [2.05, 4.69) is 36.4 Å². The van der Waals surface area contributed by atoms with E-state index in [1.54, 1.807) is 6.08 Å². The van der Waals surface area contributed by atoms with Crippen LogP contribution in [0.15, 0.2) is 66.7 Å². The van der Waals surface area contributed by atoms with E-state index >= 15 is 0 Å². The lowest BCUT2D eigenvalue weighted by atomic mass is 9.71. The van der Waals surface area contributed by atoms with Gasteiger partial charge in [-0.1, -0.05) is 72.8 Å². The van der Waals surface area contributed by atoms with E-state index in [0.717, 1.165) is 16.7 Å². The highest BCUT2D eigenvalue weighted by Crippen LogP contribution is 2.36. The molecule has 0 saturated carbocycles. The van der Waals surface area contributed by atoms with Gasteiger partial charge in [-0.25, -0.2) is 0 Å². The zero-order valence-corrected chi connectivity index (χ0v) is 12.1. The molecule has 2 aromatic carbocycles. The van der Waals surface area contributed by atoms with E-state index in [1.807, 2.05) is 43.3 Å². The van der Waals surface area contributed by atoms with Crippen LogP contribution in [0, 0.1) is 0 Å². The SMILES string of the molecule is C[C@]1(C/C=C/c2ccccc2)C(=O)C=Cc2ccccc21. The van der Waals surface area contributed by atoms with Crippen LogP contribution in [0.2, 0.25) is 0 Å². The molecule has 0 bridgehead atoms. The van der Waals surface area contributed by atoms with Gasteiger partial charge in [-0.05, 0) is 36.1 Å². The van der Waals surface area contributed by atoms with E-state index in [0.29, 0.717) is 6.42 Å². The van der Waals surface area contributed by atoms with Crippen molar-refractivity contribution in [3.63, 3.8) is 0 Å². The summed E-state index contributed by atoms with van der Waals surface area (Å²) in [5, 5.41) is 0. The Labute approximate surface area is 125 Å². The van der Waals surface area contributed by atoms with Crippen LogP contribution in [-0.4, -0.2) is 5.78 Å². The molecule has 1 atom stereocenters. The standard InChI is InChI=1S/C20H18O/c1-20(15-7-10-16-8-3-2-4-9-16)18-12-6-5-11-17(18)13-14-19(20)21/h2-14H,15H2,1H3/b10-7+/t20-/m1/s1. The molecule has 0 amide bonds. The lowest BCUT2D eigenvalue weighted by Gasteiger charge is -2.30. The van der Waals surface area contributed by atoms with Gasteiger partial charge in [0.05, 0.1) is 5.41 Å². The van der Waals surface area contributed by atoms with Crippen molar-refractivity contribution in [3.05, 3.63) is 83.4 Å². The third-order valence-corrected chi connectivity index (χ3v) is 4.15. The first-order valence-corrected chi connectivity index (χ1v) is 7.24. The maximum absolute atomic E-state index is 12.4. The summed E-state index contributed by atoms with van der Waals surface area (Å²) < 4.78 is 0. The summed E-state index contributed by atoms with van der Waals surface area (Å²) in [6.07, 6.45) is 8.52. The predicted molar refractivity (Wildman–Crippen MR) is 87.9 cm³/mol. The lowest BCUT2D eigenvalue weighted by Crippen LogP contribution is -2.33. The normalized spacial score (nSPS) is 20.7. The molecule has 1 aliphatic rings. The van der Waals surface area contributed by atoms with Gasteiger partial charge in [0, 0.05) is 0 Å². The van der Waals surface area contributed by atoms with E-state index in [9.17, 15) is 4.79 Å². The zero-order valence-electron chi connectivity index (χ0n) is 12.1. The highest BCUT2D eigenvalue weighted by molar-refractivity contribution is 6.05. The van der Waals surface area contributed by atoms with Crippen molar-refractivity contribution in [1.29, 1.82) is 0 Å². The molecule has 0 unspecified atom stereocenters. The summed E-state index contributed by atoms with van der Waals surface area (Å²) in [7, 11) is 0. The van der Waals surface area contributed by atoms with E-state index < -0.39 is 5.41 Å². The van der Waals surface area contributed by atoms with Crippen molar-refractivity contribution >= 4 is 17.9 Å². The van der Waals surface area contributed by atoms with Gasteiger partial charge in [-0.3, -0.25) is 4.79 Å². The second-order valence-corrected chi connectivity index (χ2v) is 5.63. The Morgan fingerprint density at radius 3 is 2.48 bits per heavy atom. The second kappa shape index (κ2) is 5.53. The topological polar surface area (TPSA) is 17.1 Å². The molecule has 1 nitrogen and oxygen atoms in total. The van der Waals surface area contributed by atoms with Crippen LogP contribution in [0.4, 0.5) is 0 Å². The minimum absolute atomic E-state index is 0.180. The summed E-state index contributed by atoms with van der Waals surface area (Å²) in [6.45, 7) is 2.03. The number of allylic oxidation sites excluding steroid dienone is 2. The number of rotatable bonds is 3. The van der Waals surface area contributed by atoms with Crippen molar-refractivity contribution in [2.24, 2.45) is 0 Å². The molecule has 0 N–H and O–H groups in total. The second-order valence-electron chi connectivity index (χ2n) is 5.63. The van der Waals surface area contributed by atoms with E-state index in [-0.39, 0.29) is 5.78 Å². The van der Waals surface area contributed by atoms with Gasteiger partial charge in [0.1, 0.15) is 0 Å². The molecule has 0 heterocycles. The minimum Gasteiger partial charge on any atom is -0.294 e. The van der Waals surface area contributed by atoms with Crippen molar-refractivity contribution in [3.8, 4) is 0 Å². The summed E-state index contributed by atoms with van der Waals surface area (Å²) in [5.74, 6) is 0.180. The number of ketones is 1. The highest BCUT2D eigenvalue weighted by Gasteiger charge is 2.35. The number of benzene rings is 2. The van der Waals surface area contributed by atoms with Gasteiger partial charge in [0.2, 0.25) is 0 Å². The summed E-state index contributed by atoms with van der Waals surface area (Å²) >= 11 is 0. The number of hydrogen-bond donors (Lipinski definition) is 0. The molecule has 2 aromatic rings. The minimum atomic E-state index is -0.462. The number of fused-ring (bicyclic) bond motifs is 1. The van der Waals surface area contributed by atoms with Crippen LogP contribution >= 0.6 is 0 Å². The van der Waals surface area contributed by atoms with Gasteiger partial charge in [0.15, 0.2) is 5.78 Å². The maximum atomic E-state index is 12.4. The number of hydrogen-bond acceptors (Lipinski definition) is 1. The van der Waals surface area contributed by atoms with Gasteiger partial charge in [-0.15, -0.1) is 0 Å². The molecular weight excluding hydrogens is 256 g/mol. The van der Waals surface area contributed by atoms with Gasteiger partial charge < -0.3 is 0 Å². The molecule has 0 aliphatic heterocycles. The van der Waals surface area contributed by atoms with Crippen LogP contribution in [0.5, 0.6) is 0 Å². The van der Waals surface area contributed by atoms with Crippen molar-refractivity contribution in [2.45, 2.75) is 18.8 Å². The van der Waals surface area contributed by atoms with Gasteiger partial charge in [-0.2, -0.15) is 0 Å². The fourth-order valence-corrected chi connectivity index (χ4v) is 2.83. The Hall–Kier alpha value is -2.41. The Kier molecular flexibility index (Phi) is 3.57. The van der Waals surface area contributed by atoms with E-state index in [1.165, 1.54) is 0 Å². The molecule has 0 radical (unpaired) electrons. The first-order valence-electron chi connectivity index (χ1n) is 7.24. The van der Waals surface area contributed by atoms with Crippen molar-refractivity contribution in [1.82, 2.24) is 0 Å². The molecule has 0 aromatic heterocycles. The third-order valence-electron chi connectivity index (χ3n) is 4.15. The Balaban J connectivity index is 1.88. The van der Waals surface area contributed by atoms with Crippen LogP contribution in [0.25, 0.3) is 12.2 Å². The van der Waals surface area contributed by atoms with Crippen LogP contribution in [-0.2, 0) is 10.2 Å². The quantitative estimate of drug-likeness (QED) is 0.796. The highest BCUT2D eigenvalue weighted by atomic mass is 16.1. The Bertz CT molecular complexity index is 710. The smallest absolute Gasteiger partial charge is 0.166 e. The molecule has 0 saturated heterocycles. The summed E-state index contributed by atoms with van der Waals surface area (Å²) in [6, 6.07) is 18.3. The average molecular weight is 274 g/mol. The van der Waals surface area contributed by atoms with Gasteiger partial charge >= 0.3 is 0 Å². The summed E-state index contributed by atoms with van der Waals surface area (Å²) in [4.78, 5) is 12.4.